The lowest BCUT2D eigenvalue weighted by molar-refractivity contribution is 1.29. The molecule has 1 nitrogen and oxygen atoms in total. The first-order valence-corrected chi connectivity index (χ1v) is 18.9. The van der Waals surface area contributed by atoms with Crippen molar-refractivity contribution in [2.24, 2.45) is 0 Å². The standard InChI is InChI=1S/C56H39N/c1-4-15-42(16-5-1)52-36-30-48(39-55(52)43-17-6-2-7-18-43)41-24-31-49(32-25-41)57(51-35-26-40-14-10-11-22-47(40)38-51)50-33-27-45(28-34-50)54-37-29-44-19-12-13-23-53(44)56(54)46-20-8-3-9-21-46/h1-39H/i24D,25D,27D,28D,31D,32D,33D,34D. The van der Waals surface area contributed by atoms with Gasteiger partial charge in [0.05, 0.1) is 11.0 Å². The van der Waals surface area contributed by atoms with E-state index in [-0.39, 0.29) is 46.7 Å². The van der Waals surface area contributed by atoms with Crippen molar-refractivity contribution in [2.75, 3.05) is 4.90 Å². The first-order chi connectivity index (χ1) is 31.6. The molecule has 57 heavy (non-hydrogen) atoms. The van der Waals surface area contributed by atoms with Crippen LogP contribution in [0.15, 0.2) is 236 Å². The second kappa shape index (κ2) is 15.0. The van der Waals surface area contributed by atoms with Crippen LogP contribution in [0.25, 0.3) is 77.2 Å². The van der Waals surface area contributed by atoms with Crippen molar-refractivity contribution in [2.45, 2.75) is 0 Å². The maximum Gasteiger partial charge on any atom is 0.0645 e. The van der Waals surface area contributed by atoms with Gasteiger partial charge >= 0.3 is 0 Å². The molecule has 1 heteroatoms. The number of nitrogens with zero attached hydrogens (tertiary/aromatic N) is 1. The van der Waals surface area contributed by atoms with Gasteiger partial charge < -0.3 is 4.90 Å². The van der Waals surface area contributed by atoms with Crippen LogP contribution in [-0.4, -0.2) is 0 Å². The molecule has 0 radical (unpaired) electrons. The second-order valence-electron chi connectivity index (χ2n) is 13.9. The van der Waals surface area contributed by atoms with E-state index in [1.165, 1.54) is 4.90 Å². The van der Waals surface area contributed by atoms with Crippen molar-refractivity contribution >= 4 is 38.6 Å². The Labute approximate surface area is 345 Å². The molecule has 0 amide bonds. The van der Waals surface area contributed by atoms with E-state index in [0.29, 0.717) is 16.8 Å². The molecule has 0 aliphatic rings. The summed E-state index contributed by atoms with van der Waals surface area (Å²) in [6.45, 7) is 0. The molecule has 268 valence electrons. The maximum atomic E-state index is 9.73. The molecule has 10 aromatic carbocycles. The molecule has 10 rings (SSSR count). The van der Waals surface area contributed by atoms with Crippen LogP contribution >= 0.6 is 0 Å². The minimum atomic E-state index is -0.399. The second-order valence-corrected chi connectivity index (χ2v) is 13.9. The summed E-state index contributed by atoms with van der Waals surface area (Å²) in [5, 5.41) is 3.55. The Morgan fingerprint density at radius 1 is 0.281 bits per heavy atom. The summed E-state index contributed by atoms with van der Waals surface area (Å²) in [5.41, 5.74) is 6.50. The number of hydrogen-bond donors (Lipinski definition) is 0. The van der Waals surface area contributed by atoms with Crippen molar-refractivity contribution in [1.29, 1.82) is 0 Å². The van der Waals surface area contributed by atoms with E-state index < -0.39 is 24.2 Å². The summed E-state index contributed by atoms with van der Waals surface area (Å²) >= 11 is 0. The third-order valence-corrected chi connectivity index (χ3v) is 10.4. The Morgan fingerprint density at radius 2 is 0.789 bits per heavy atom. The molecule has 0 unspecified atom stereocenters. The fourth-order valence-electron chi connectivity index (χ4n) is 7.62. The average Bonchev–Trinajstić information content (AvgIpc) is 3.35. The van der Waals surface area contributed by atoms with Crippen molar-refractivity contribution in [3.8, 4) is 55.6 Å². The highest BCUT2D eigenvalue weighted by molar-refractivity contribution is 6.04. The summed E-state index contributed by atoms with van der Waals surface area (Å²) in [5.74, 6) is 0. The lowest BCUT2D eigenvalue weighted by Gasteiger charge is -2.26. The number of fused-ring (bicyclic) bond motifs is 2. The van der Waals surface area contributed by atoms with Gasteiger partial charge in [0.2, 0.25) is 0 Å². The minimum absolute atomic E-state index is 0.0960. The average molecular weight is 734 g/mol. The third-order valence-electron chi connectivity index (χ3n) is 10.4. The molecule has 0 fully saturated rings. The molecule has 0 spiro atoms. The molecule has 0 N–H and O–H groups in total. The Kier molecular flexibility index (Phi) is 6.92. The zero-order chi connectivity index (χ0) is 44.9. The molecular weight excluding hydrogens is 687 g/mol. The molecular formula is C56H39N. The SMILES string of the molecule is [2H]c1c([2H])c(N(c2ccc3ccccc3c2)c2c([2H])c([2H])c(-c3ccc4ccccc4c3-c3ccccc3)c([2H])c2[2H])c([2H])c([2H])c1-c1ccc(-c2ccccc2)c(-c2ccccc2)c1. The van der Waals surface area contributed by atoms with Crippen molar-refractivity contribution in [3.63, 3.8) is 0 Å². The van der Waals surface area contributed by atoms with E-state index in [1.54, 1.807) is 12.1 Å². The van der Waals surface area contributed by atoms with E-state index in [1.807, 2.05) is 176 Å². The van der Waals surface area contributed by atoms with Crippen LogP contribution in [0.1, 0.15) is 11.0 Å². The van der Waals surface area contributed by atoms with E-state index in [9.17, 15) is 11.0 Å². The summed E-state index contributed by atoms with van der Waals surface area (Å²) < 4.78 is 77.3. The Balaban J connectivity index is 1.21. The van der Waals surface area contributed by atoms with Crippen LogP contribution in [0.4, 0.5) is 17.1 Å². The number of rotatable bonds is 8. The van der Waals surface area contributed by atoms with Crippen LogP contribution in [0.2, 0.25) is 0 Å². The molecule has 0 heterocycles. The summed E-state index contributed by atoms with van der Waals surface area (Å²) in [4.78, 5) is 1.37. The van der Waals surface area contributed by atoms with Crippen LogP contribution in [0, 0.1) is 0 Å². The van der Waals surface area contributed by atoms with E-state index >= 15 is 0 Å². The van der Waals surface area contributed by atoms with Gasteiger partial charge in [-0.3, -0.25) is 0 Å². The highest BCUT2D eigenvalue weighted by Gasteiger charge is 2.17. The predicted molar refractivity (Wildman–Crippen MR) is 243 cm³/mol. The van der Waals surface area contributed by atoms with Gasteiger partial charge in [0.25, 0.3) is 0 Å². The van der Waals surface area contributed by atoms with Gasteiger partial charge in [-0.05, 0) is 120 Å². The van der Waals surface area contributed by atoms with E-state index in [0.717, 1.165) is 54.9 Å². The lowest BCUT2D eigenvalue weighted by Crippen LogP contribution is -2.09. The highest BCUT2D eigenvalue weighted by Crippen LogP contribution is 2.42. The molecule has 0 saturated carbocycles. The first kappa shape index (κ1) is 26.3. The lowest BCUT2D eigenvalue weighted by atomic mass is 9.90. The van der Waals surface area contributed by atoms with E-state index in [2.05, 4.69) is 0 Å². The normalized spacial score (nSPS) is 13.1. The largest absolute Gasteiger partial charge is 0.310 e. The fourth-order valence-corrected chi connectivity index (χ4v) is 7.62. The maximum absolute atomic E-state index is 9.73. The quantitative estimate of drug-likeness (QED) is 0.150. The monoisotopic (exact) mass is 733 g/mol. The molecule has 0 atom stereocenters. The summed E-state index contributed by atoms with van der Waals surface area (Å²) in [7, 11) is 0. The van der Waals surface area contributed by atoms with Crippen LogP contribution in [-0.2, 0) is 0 Å². The third kappa shape index (κ3) is 6.66. The zero-order valence-corrected chi connectivity index (χ0v) is 30.8. The van der Waals surface area contributed by atoms with Gasteiger partial charge in [-0.25, -0.2) is 0 Å². The topological polar surface area (TPSA) is 3.24 Å². The van der Waals surface area contributed by atoms with Gasteiger partial charge in [0.15, 0.2) is 0 Å². The fraction of sp³-hybridized carbons (Fsp3) is 0. The van der Waals surface area contributed by atoms with Crippen molar-refractivity contribution in [3.05, 3.63) is 236 Å². The molecule has 0 aliphatic heterocycles. The van der Waals surface area contributed by atoms with Gasteiger partial charge in [-0.1, -0.05) is 194 Å². The first-order valence-electron chi connectivity index (χ1n) is 22.9. The van der Waals surface area contributed by atoms with Gasteiger partial charge in [0, 0.05) is 17.1 Å². The Hall–Kier alpha value is -7.48. The van der Waals surface area contributed by atoms with Crippen LogP contribution in [0.3, 0.4) is 0 Å². The van der Waals surface area contributed by atoms with E-state index in [4.69, 9.17) is 0 Å². The Bertz CT molecular complexity index is 3410. The number of benzene rings is 10. The smallest absolute Gasteiger partial charge is 0.0645 e. The highest BCUT2D eigenvalue weighted by atomic mass is 15.1. The molecule has 0 saturated heterocycles. The molecule has 0 bridgehead atoms. The molecule has 0 aromatic heterocycles. The molecule has 10 aromatic rings. The van der Waals surface area contributed by atoms with Crippen LogP contribution in [0.5, 0.6) is 0 Å². The van der Waals surface area contributed by atoms with Gasteiger partial charge in [0.1, 0.15) is 0 Å². The molecule has 0 aliphatic carbocycles. The summed E-state index contributed by atoms with van der Waals surface area (Å²) in [6, 6.07) is 57.0. The van der Waals surface area contributed by atoms with Gasteiger partial charge in [-0.2, -0.15) is 0 Å². The van der Waals surface area contributed by atoms with Gasteiger partial charge in [-0.15, -0.1) is 0 Å². The number of anilines is 3. The predicted octanol–water partition coefficient (Wildman–Crippen LogP) is 15.8. The van der Waals surface area contributed by atoms with Crippen molar-refractivity contribution < 1.29 is 11.0 Å². The van der Waals surface area contributed by atoms with Crippen molar-refractivity contribution in [1.82, 2.24) is 0 Å². The minimum Gasteiger partial charge on any atom is -0.310 e. The van der Waals surface area contributed by atoms with Crippen LogP contribution < -0.4 is 4.90 Å². The zero-order valence-electron chi connectivity index (χ0n) is 38.8. The summed E-state index contributed by atoms with van der Waals surface area (Å²) in [6.07, 6.45) is 0. The Morgan fingerprint density at radius 3 is 1.46 bits per heavy atom. The number of hydrogen-bond acceptors (Lipinski definition) is 1.